The normalized spacial score (nSPS) is 11.2. The summed E-state index contributed by atoms with van der Waals surface area (Å²) in [7, 11) is 0. The smallest absolute Gasteiger partial charge is 0.333 e. The van der Waals surface area contributed by atoms with E-state index >= 15 is 0 Å². The summed E-state index contributed by atoms with van der Waals surface area (Å²) in [5, 5.41) is 0. The molecule has 0 bridgehead atoms. The minimum absolute atomic E-state index is 0.317. The quantitative estimate of drug-likeness (QED) is 0.460. The van der Waals surface area contributed by atoms with Crippen molar-refractivity contribution in [3.63, 3.8) is 0 Å². The van der Waals surface area contributed by atoms with Crippen molar-refractivity contribution in [2.24, 2.45) is 0 Å². The summed E-state index contributed by atoms with van der Waals surface area (Å²) in [6.07, 6.45) is 5.93. The Balaban J connectivity index is 4.38. The summed E-state index contributed by atoms with van der Waals surface area (Å²) in [5.74, 6) is -0.317. The third kappa shape index (κ3) is 5.94. The van der Waals surface area contributed by atoms with E-state index < -0.39 is 5.60 Å². The molecule has 0 amide bonds. The maximum Gasteiger partial charge on any atom is 0.333 e. The fourth-order valence-electron chi connectivity index (χ4n) is 1.51. The summed E-state index contributed by atoms with van der Waals surface area (Å²) in [6, 6.07) is 0. The summed E-state index contributed by atoms with van der Waals surface area (Å²) >= 11 is 0. The van der Waals surface area contributed by atoms with Crippen molar-refractivity contribution >= 4 is 5.97 Å². The molecule has 0 atom stereocenters. The van der Waals surface area contributed by atoms with Gasteiger partial charge in [-0.05, 0) is 39.5 Å². The standard InChI is InChI=1S/C14H25O2/c1-6-8-10-14(5,11-9-7-2)16-13(15)12(3)4/h3,5-11H2,1-2,4H3. The van der Waals surface area contributed by atoms with Crippen LogP contribution in [0.2, 0.25) is 0 Å². The second-order valence-corrected chi connectivity index (χ2v) is 4.56. The minimum atomic E-state index is -0.554. The number of carbonyl (C=O) groups excluding carboxylic acids is 1. The van der Waals surface area contributed by atoms with Crippen LogP contribution in [0.3, 0.4) is 0 Å². The van der Waals surface area contributed by atoms with E-state index in [1.165, 1.54) is 0 Å². The largest absolute Gasteiger partial charge is 0.456 e. The highest BCUT2D eigenvalue weighted by atomic mass is 16.6. The van der Waals surface area contributed by atoms with Gasteiger partial charge in [0, 0.05) is 5.57 Å². The van der Waals surface area contributed by atoms with Gasteiger partial charge in [-0.2, -0.15) is 0 Å². The molecule has 1 radical (unpaired) electrons. The molecule has 2 heteroatoms. The van der Waals surface area contributed by atoms with Crippen LogP contribution in [0.5, 0.6) is 0 Å². The molecule has 0 aromatic carbocycles. The second-order valence-electron chi connectivity index (χ2n) is 4.56. The van der Waals surface area contributed by atoms with Gasteiger partial charge in [0.15, 0.2) is 0 Å². The van der Waals surface area contributed by atoms with Crippen molar-refractivity contribution in [3.8, 4) is 0 Å². The van der Waals surface area contributed by atoms with E-state index in [0.717, 1.165) is 38.5 Å². The highest BCUT2D eigenvalue weighted by molar-refractivity contribution is 5.87. The van der Waals surface area contributed by atoms with Crippen molar-refractivity contribution in [1.82, 2.24) is 0 Å². The van der Waals surface area contributed by atoms with E-state index in [2.05, 4.69) is 27.4 Å². The van der Waals surface area contributed by atoms with Gasteiger partial charge in [0.1, 0.15) is 5.60 Å². The lowest BCUT2D eigenvalue weighted by atomic mass is 9.92. The molecule has 0 fully saturated rings. The number of esters is 1. The fourth-order valence-corrected chi connectivity index (χ4v) is 1.51. The van der Waals surface area contributed by atoms with E-state index in [1.807, 2.05) is 0 Å². The zero-order chi connectivity index (χ0) is 12.6. The minimum Gasteiger partial charge on any atom is -0.456 e. The van der Waals surface area contributed by atoms with Crippen LogP contribution in [0.4, 0.5) is 0 Å². The van der Waals surface area contributed by atoms with Crippen LogP contribution >= 0.6 is 0 Å². The number of hydrogen-bond acceptors (Lipinski definition) is 2. The zero-order valence-electron chi connectivity index (χ0n) is 11.0. The Morgan fingerprint density at radius 1 is 1.19 bits per heavy atom. The van der Waals surface area contributed by atoms with Crippen LogP contribution in [0, 0.1) is 6.92 Å². The fraction of sp³-hybridized carbons (Fsp3) is 0.714. The van der Waals surface area contributed by atoms with Crippen LogP contribution in [0.15, 0.2) is 12.2 Å². The molecule has 0 aliphatic heterocycles. The molecule has 0 aromatic heterocycles. The SMILES string of the molecule is [CH2]C(CCCC)(CCCC)OC(=O)C(=C)C. The first-order valence-corrected chi connectivity index (χ1v) is 6.19. The van der Waals surface area contributed by atoms with E-state index in [9.17, 15) is 4.79 Å². The molecule has 0 heterocycles. The van der Waals surface area contributed by atoms with Gasteiger partial charge in [0.25, 0.3) is 0 Å². The molecule has 2 nitrogen and oxygen atoms in total. The Morgan fingerprint density at radius 3 is 1.94 bits per heavy atom. The maximum atomic E-state index is 11.5. The summed E-state index contributed by atoms with van der Waals surface area (Å²) in [6.45, 7) is 13.6. The third-order valence-electron chi connectivity index (χ3n) is 2.63. The second kappa shape index (κ2) is 7.48. The maximum absolute atomic E-state index is 11.5. The molecule has 0 aliphatic rings. The molecule has 16 heavy (non-hydrogen) atoms. The van der Waals surface area contributed by atoms with Gasteiger partial charge in [0.05, 0.1) is 0 Å². The average molecular weight is 225 g/mol. The van der Waals surface area contributed by atoms with Crippen molar-refractivity contribution in [2.45, 2.75) is 64.9 Å². The van der Waals surface area contributed by atoms with E-state index in [0.29, 0.717) is 5.57 Å². The molecular weight excluding hydrogens is 200 g/mol. The monoisotopic (exact) mass is 225 g/mol. The first-order valence-electron chi connectivity index (χ1n) is 6.19. The van der Waals surface area contributed by atoms with Crippen LogP contribution in [0.1, 0.15) is 59.3 Å². The molecule has 0 aliphatic carbocycles. The highest BCUT2D eigenvalue weighted by Crippen LogP contribution is 2.26. The number of hydrogen-bond donors (Lipinski definition) is 0. The Labute approximate surface area is 100 Å². The zero-order valence-corrected chi connectivity index (χ0v) is 11.0. The molecule has 0 aromatic rings. The van der Waals surface area contributed by atoms with Gasteiger partial charge in [-0.25, -0.2) is 4.79 Å². The van der Waals surface area contributed by atoms with Crippen molar-refractivity contribution < 1.29 is 9.53 Å². The van der Waals surface area contributed by atoms with Crippen LogP contribution in [0.25, 0.3) is 0 Å². The first-order chi connectivity index (χ1) is 7.45. The Kier molecular flexibility index (Phi) is 7.11. The third-order valence-corrected chi connectivity index (χ3v) is 2.63. The molecule has 93 valence electrons. The number of rotatable bonds is 8. The Hall–Kier alpha value is -0.790. The van der Waals surface area contributed by atoms with Crippen LogP contribution in [-0.2, 0) is 9.53 Å². The van der Waals surface area contributed by atoms with Gasteiger partial charge in [-0.15, -0.1) is 0 Å². The number of ether oxygens (including phenoxy) is 1. The summed E-state index contributed by atoms with van der Waals surface area (Å²) in [4.78, 5) is 11.5. The number of carbonyl (C=O) groups is 1. The van der Waals surface area contributed by atoms with Crippen LogP contribution in [-0.4, -0.2) is 11.6 Å². The predicted octanol–water partition coefficient (Wildman–Crippen LogP) is 4.06. The summed E-state index contributed by atoms with van der Waals surface area (Å²) < 4.78 is 5.45. The van der Waals surface area contributed by atoms with Gasteiger partial charge in [-0.3, -0.25) is 0 Å². The lowest BCUT2D eigenvalue weighted by molar-refractivity contribution is -0.151. The Morgan fingerprint density at radius 2 is 1.62 bits per heavy atom. The molecule has 0 saturated carbocycles. The molecule has 0 spiro atoms. The van der Waals surface area contributed by atoms with E-state index in [1.54, 1.807) is 6.92 Å². The van der Waals surface area contributed by atoms with Crippen molar-refractivity contribution in [1.29, 1.82) is 0 Å². The number of unbranched alkanes of at least 4 members (excludes halogenated alkanes) is 2. The molecule has 0 unspecified atom stereocenters. The van der Waals surface area contributed by atoms with Crippen molar-refractivity contribution in [3.05, 3.63) is 19.1 Å². The lowest BCUT2D eigenvalue weighted by Gasteiger charge is -2.29. The highest BCUT2D eigenvalue weighted by Gasteiger charge is 2.27. The van der Waals surface area contributed by atoms with E-state index in [-0.39, 0.29) is 5.97 Å². The Bertz CT molecular complexity index is 223. The molecule has 0 rings (SSSR count). The van der Waals surface area contributed by atoms with Gasteiger partial charge >= 0.3 is 5.97 Å². The average Bonchev–Trinajstić information content (AvgIpc) is 2.23. The molecular formula is C14H25O2. The van der Waals surface area contributed by atoms with E-state index in [4.69, 9.17) is 4.74 Å². The molecule has 0 saturated heterocycles. The first kappa shape index (κ1) is 15.2. The van der Waals surface area contributed by atoms with Gasteiger partial charge in [0.2, 0.25) is 0 Å². The van der Waals surface area contributed by atoms with Gasteiger partial charge in [-0.1, -0.05) is 33.3 Å². The van der Waals surface area contributed by atoms with Crippen molar-refractivity contribution in [2.75, 3.05) is 0 Å². The topological polar surface area (TPSA) is 26.3 Å². The molecule has 0 N–H and O–H groups in total. The van der Waals surface area contributed by atoms with Crippen LogP contribution < -0.4 is 0 Å². The predicted molar refractivity (Wildman–Crippen MR) is 68.0 cm³/mol. The van der Waals surface area contributed by atoms with Gasteiger partial charge < -0.3 is 4.74 Å². The lowest BCUT2D eigenvalue weighted by Crippen LogP contribution is -2.32. The summed E-state index contributed by atoms with van der Waals surface area (Å²) in [5.41, 5.74) is -0.108.